The number of rotatable bonds is 4. The summed E-state index contributed by atoms with van der Waals surface area (Å²) in [5, 5.41) is 0. The van der Waals surface area contributed by atoms with Gasteiger partial charge in [0.1, 0.15) is 11.5 Å². The molecule has 0 amide bonds. The SMILES string of the molecule is O=C(CCc1ccco1)C1CCCOC1. The van der Waals surface area contributed by atoms with Gasteiger partial charge in [0.15, 0.2) is 0 Å². The van der Waals surface area contributed by atoms with Crippen molar-refractivity contribution >= 4 is 5.78 Å². The Bertz CT molecular complexity index is 297. The van der Waals surface area contributed by atoms with Crippen molar-refractivity contribution in [1.82, 2.24) is 0 Å². The topological polar surface area (TPSA) is 39.4 Å². The molecule has 82 valence electrons. The Morgan fingerprint density at radius 1 is 1.53 bits per heavy atom. The van der Waals surface area contributed by atoms with Gasteiger partial charge in [-0.3, -0.25) is 4.79 Å². The maximum absolute atomic E-state index is 11.8. The van der Waals surface area contributed by atoms with E-state index >= 15 is 0 Å². The first kappa shape index (κ1) is 10.4. The first-order valence-corrected chi connectivity index (χ1v) is 5.49. The predicted octanol–water partition coefficient (Wildman–Crippen LogP) is 2.21. The van der Waals surface area contributed by atoms with Crippen LogP contribution in [0.15, 0.2) is 22.8 Å². The Morgan fingerprint density at radius 2 is 2.47 bits per heavy atom. The molecule has 1 aliphatic heterocycles. The molecule has 1 aromatic rings. The van der Waals surface area contributed by atoms with Crippen LogP contribution < -0.4 is 0 Å². The van der Waals surface area contributed by atoms with Gasteiger partial charge in [0.05, 0.1) is 12.9 Å². The van der Waals surface area contributed by atoms with E-state index in [-0.39, 0.29) is 5.92 Å². The van der Waals surface area contributed by atoms with E-state index in [1.165, 1.54) is 0 Å². The maximum atomic E-state index is 11.8. The third kappa shape index (κ3) is 2.93. The molecule has 0 radical (unpaired) electrons. The number of carbonyl (C=O) groups is 1. The van der Waals surface area contributed by atoms with Gasteiger partial charge in [-0.1, -0.05) is 0 Å². The normalized spacial score (nSPS) is 21.5. The lowest BCUT2D eigenvalue weighted by Crippen LogP contribution is -2.25. The van der Waals surface area contributed by atoms with Crippen LogP contribution in [0.3, 0.4) is 0 Å². The molecular formula is C12H16O3. The first-order chi connectivity index (χ1) is 7.36. The van der Waals surface area contributed by atoms with Gasteiger partial charge in [0.2, 0.25) is 0 Å². The molecule has 1 fully saturated rings. The zero-order valence-electron chi connectivity index (χ0n) is 8.78. The number of aryl methyl sites for hydroxylation is 1. The third-order valence-electron chi connectivity index (χ3n) is 2.81. The second kappa shape index (κ2) is 5.12. The van der Waals surface area contributed by atoms with Crippen LogP contribution in [-0.2, 0) is 16.0 Å². The number of ketones is 1. The highest BCUT2D eigenvalue weighted by atomic mass is 16.5. The zero-order valence-corrected chi connectivity index (χ0v) is 8.78. The number of carbonyl (C=O) groups excluding carboxylic acids is 1. The van der Waals surface area contributed by atoms with Gasteiger partial charge in [-0.25, -0.2) is 0 Å². The second-order valence-electron chi connectivity index (χ2n) is 3.96. The summed E-state index contributed by atoms with van der Waals surface area (Å²) in [5.74, 6) is 1.32. The van der Waals surface area contributed by atoms with Crippen LogP contribution in [0.25, 0.3) is 0 Å². The van der Waals surface area contributed by atoms with Crippen molar-refractivity contribution in [3.05, 3.63) is 24.2 Å². The average Bonchev–Trinajstić information content (AvgIpc) is 2.80. The highest BCUT2D eigenvalue weighted by Crippen LogP contribution is 2.17. The van der Waals surface area contributed by atoms with Crippen LogP contribution in [0, 0.1) is 5.92 Å². The van der Waals surface area contributed by atoms with Crippen molar-refractivity contribution in [2.75, 3.05) is 13.2 Å². The van der Waals surface area contributed by atoms with Gasteiger partial charge in [0.25, 0.3) is 0 Å². The molecule has 0 aliphatic carbocycles. The number of furan rings is 1. The van der Waals surface area contributed by atoms with Crippen molar-refractivity contribution < 1.29 is 13.9 Å². The molecule has 2 rings (SSSR count). The molecule has 0 aromatic carbocycles. The lowest BCUT2D eigenvalue weighted by atomic mass is 9.94. The minimum absolute atomic E-state index is 0.119. The summed E-state index contributed by atoms with van der Waals surface area (Å²) in [6, 6.07) is 3.76. The van der Waals surface area contributed by atoms with E-state index in [9.17, 15) is 4.79 Å². The van der Waals surface area contributed by atoms with E-state index in [2.05, 4.69) is 0 Å². The lowest BCUT2D eigenvalue weighted by molar-refractivity contribution is -0.126. The van der Waals surface area contributed by atoms with Crippen LogP contribution in [0.2, 0.25) is 0 Å². The minimum Gasteiger partial charge on any atom is -0.469 e. The van der Waals surface area contributed by atoms with E-state index in [1.807, 2.05) is 12.1 Å². The van der Waals surface area contributed by atoms with Crippen LogP contribution in [0.5, 0.6) is 0 Å². The van der Waals surface area contributed by atoms with Crippen LogP contribution >= 0.6 is 0 Å². The number of hydrogen-bond acceptors (Lipinski definition) is 3. The van der Waals surface area contributed by atoms with E-state index in [0.717, 1.165) is 25.2 Å². The fourth-order valence-corrected chi connectivity index (χ4v) is 1.90. The first-order valence-electron chi connectivity index (χ1n) is 5.49. The van der Waals surface area contributed by atoms with Crippen molar-refractivity contribution in [2.45, 2.75) is 25.7 Å². The van der Waals surface area contributed by atoms with Crippen molar-refractivity contribution in [3.63, 3.8) is 0 Å². The van der Waals surface area contributed by atoms with Crippen molar-refractivity contribution in [2.24, 2.45) is 5.92 Å². The summed E-state index contributed by atoms with van der Waals surface area (Å²) in [6.45, 7) is 1.42. The molecule has 0 spiro atoms. The highest BCUT2D eigenvalue weighted by Gasteiger charge is 2.21. The molecule has 1 aromatic heterocycles. The predicted molar refractivity (Wildman–Crippen MR) is 55.6 cm³/mol. The summed E-state index contributed by atoms with van der Waals surface area (Å²) < 4.78 is 10.5. The molecule has 1 unspecified atom stereocenters. The molecule has 0 N–H and O–H groups in total. The van der Waals surface area contributed by atoms with E-state index in [1.54, 1.807) is 6.26 Å². The molecule has 3 heteroatoms. The Hall–Kier alpha value is -1.09. The standard InChI is InChI=1S/C12H16O3/c13-12(10-3-1-7-14-9-10)6-5-11-4-2-8-15-11/h2,4,8,10H,1,3,5-7,9H2. The Balaban J connectivity index is 1.76. The number of Topliss-reactive ketones (excluding diaryl/α,β-unsaturated/α-hetero) is 1. The number of ether oxygens (including phenoxy) is 1. The molecule has 2 heterocycles. The second-order valence-corrected chi connectivity index (χ2v) is 3.96. The molecular weight excluding hydrogens is 192 g/mol. The monoisotopic (exact) mass is 208 g/mol. The van der Waals surface area contributed by atoms with Crippen LogP contribution in [-0.4, -0.2) is 19.0 Å². The Labute approximate surface area is 89.4 Å². The van der Waals surface area contributed by atoms with Gasteiger partial charge in [-0.2, -0.15) is 0 Å². The van der Waals surface area contributed by atoms with Gasteiger partial charge < -0.3 is 9.15 Å². The van der Waals surface area contributed by atoms with Gasteiger partial charge >= 0.3 is 0 Å². The Morgan fingerprint density at radius 3 is 3.13 bits per heavy atom. The molecule has 15 heavy (non-hydrogen) atoms. The average molecular weight is 208 g/mol. The molecule has 1 aliphatic rings. The summed E-state index contributed by atoms with van der Waals surface area (Å²) in [5.41, 5.74) is 0. The molecule has 1 atom stereocenters. The maximum Gasteiger partial charge on any atom is 0.138 e. The number of hydrogen-bond donors (Lipinski definition) is 0. The fraction of sp³-hybridized carbons (Fsp3) is 0.583. The van der Waals surface area contributed by atoms with E-state index in [0.29, 0.717) is 25.2 Å². The van der Waals surface area contributed by atoms with Crippen LogP contribution in [0.4, 0.5) is 0 Å². The van der Waals surface area contributed by atoms with Crippen molar-refractivity contribution in [3.8, 4) is 0 Å². The summed E-state index contributed by atoms with van der Waals surface area (Å²) >= 11 is 0. The van der Waals surface area contributed by atoms with Crippen molar-refractivity contribution in [1.29, 1.82) is 0 Å². The molecule has 1 saturated heterocycles. The molecule has 0 saturated carbocycles. The van der Waals surface area contributed by atoms with Crippen LogP contribution in [0.1, 0.15) is 25.0 Å². The highest BCUT2D eigenvalue weighted by molar-refractivity contribution is 5.81. The van der Waals surface area contributed by atoms with E-state index in [4.69, 9.17) is 9.15 Å². The van der Waals surface area contributed by atoms with Gasteiger partial charge in [-0.15, -0.1) is 0 Å². The Kier molecular flexibility index (Phi) is 3.56. The van der Waals surface area contributed by atoms with Gasteiger partial charge in [0, 0.05) is 25.4 Å². The van der Waals surface area contributed by atoms with E-state index < -0.39 is 0 Å². The third-order valence-corrected chi connectivity index (χ3v) is 2.81. The molecule has 3 nitrogen and oxygen atoms in total. The zero-order chi connectivity index (χ0) is 10.5. The largest absolute Gasteiger partial charge is 0.469 e. The summed E-state index contributed by atoms with van der Waals surface area (Å²) in [7, 11) is 0. The lowest BCUT2D eigenvalue weighted by Gasteiger charge is -2.20. The molecule has 0 bridgehead atoms. The fourth-order valence-electron chi connectivity index (χ4n) is 1.90. The smallest absolute Gasteiger partial charge is 0.138 e. The van der Waals surface area contributed by atoms with Gasteiger partial charge in [-0.05, 0) is 25.0 Å². The quantitative estimate of drug-likeness (QED) is 0.761. The summed E-state index contributed by atoms with van der Waals surface area (Å²) in [4.78, 5) is 11.8. The minimum atomic E-state index is 0.119. The summed E-state index contributed by atoms with van der Waals surface area (Å²) in [6.07, 6.45) is 4.92.